The number of aliphatic hydroxyl groups excluding tert-OH is 1. The Kier molecular flexibility index (Phi) is 9.18. The summed E-state index contributed by atoms with van der Waals surface area (Å²) in [6.45, 7) is 3.96. The van der Waals surface area contributed by atoms with E-state index < -0.39 is 12.1 Å². The SMILES string of the molecule is CCCCOCC(O)CN(C)CCC(=O)O. The van der Waals surface area contributed by atoms with Gasteiger partial charge in [-0.05, 0) is 13.5 Å². The highest BCUT2D eigenvalue weighted by Crippen LogP contribution is 1.95. The number of hydrogen-bond donors (Lipinski definition) is 2. The third kappa shape index (κ3) is 9.89. The van der Waals surface area contributed by atoms with E-state index in [1.54, 1.807) is 11.9 Å². The molecule has 0 bridgehead atoms. The fraction of sp³-hybridized carbons (Fsp3) is 0.909. The van der Waals surface area contributed by atoms with E-state index in [2.05, 4.69) is 6.92 Å². The predicted octanol–water partition coefficient (Wildman–Crippen LogP) is 0.570. The van der Waals surface area contributed by atoms with E-state index in [0.717, 1.165) is 12.8 Å². The van der Waals surface area contributed by atoms with E-state index in [-0.39, 0.29) is 6.42 Å². The summed E-state index contributed by atoms with van der Waals surface area (Å²) in [5, 5.41) is 18.1. The second-order valence-electron chi connectivity index (χ2n) is 3.99. The van der Waals surface area contributed by atoms with Crippen molar-refractivity contribution in [2.45, 2.75) is 32.3 Å². The van der Waals surface area contributed by atoms with Crippen LogP contribution in [0.25, 0.3) is 0 Å². The summed E-state index contributed by atoms with van der Waals surface area (Å²) in [4.78, 5) is 12.1. The predicted molar refractivity (Wildman–Crippen MR) is 61.5 cm³/mol. The molecular weight excluding hydrogens is 210 g/mol. The van der Waals surface area contributed by atoms with Crippen molar-refractivity contribution in [2.75, 3.05) is 33.4 Å². The molecule has 0 aliphatic carbocycles. The summed E-state index contributed by atoms with van der Waals surface area (Å²) in [6, 6.07) is 0. The molecule has 0 saturated carbocycles. The molecule has 5 nitrogen and oxygen atoms in total. The molecule has 0 aromatic heterocycles. The van der Waals surface area contributed by atoms with Gasteiger partial charge in [0.1, 0.15) is 0 Å². The zero-order valence-corrected chi connectivity index (χ0v) is 10.2. The maximum Gasteiger partial charge on any atom is 0.304 e. The third-order valence-corrected chi connectivity index (χ3v) is 2.18. The molecule has 0 heterocycles. The van der Waals surface area contributed by atoms with Crippen LogP contribution in [0.5, 0.6) is 0 Å². The summed E-state index contributed by atoms with van der Waals surface area (Å²) in [5.41, 5.74) is 0. The van der Waals surface area contributed by atoms with E-state index in [1.807, 2.05) is 0 Å². The van der Waals surface area contributed by atoms with E-state index in [0.29, 0.717) is 26.3 Å². The summed E-state index contributed by atoms with van der Waals surface area (Å²) in [7, 11) is 1.79. The quantitative estimate of drug-likeness (QED) is 0.540. The molecule has 0 rings (SSSR count). The smallest absolute Gasteiger partial charge is 0.304 e. The number of likely N-dealkylation sites (N-methyl/N-ethyl adjacent to an activating group) is 1. The minimum absolute atomic E-state index is 0.0971. The molecule has 0 radical (unpaired) electrons. The summed E-state index contributed by atoms with van der Waals surface area (Å²) < 4.78 is 5.27. The van der Waals surface area contributed by atoms with Crippen molar-refractivity contribution in [3.8, 4) is 0 Å². The minimum Gasteiger partial charge on any atom is -0.481 e. The molecule has 0 amide bonds. The van der Waals surface area contributed by atoms with Crippen LogP contribution < -0.4 is 0 Å². The van der Waals surface area contributed by atoms with Gasteiger partial charge in [-0.2, -0.15) is 0 Å². The zero-order chi connectivity index (χ0) is 12.4. The highest BCUT2D eigenvalue weighted by molar-refractivity contribution is 5.66. The maximum absolute atomic E-state index is 10.3. The van der Waals surface area contributed by atoms with Gasteiger partial charge in [0, 0.05) is 19.7 Å². The molecule has 5 heteroatoms. The van der Waals surface area contributed by atoms with Crippen LogP contribution in [0.3, 0.4) is 0 Å². The standard InChI is InChI=1S/C11H23NO4/c1-3-4-7-16-9-10(13)8-12(2)6-5-11(14)15/h10,13H,3-9H2,1-2H3,(H,14,15). The Morgan fingerprint density at radius 3 is 2.75 bits per heavy atom. The van der Waals surface area contributed by atoms with Gasteiger partial charge >= 0.3 is 5.97 Å². The van der Waals surface area contributed by atoms with Crippen LogP contribution in [-0.4, -0.2) is 60.5 Å². The fourth-order valence-electron chi connectivity index (χ4n) is 1.26. The molecule has 2 N–H and O–H groups in total. The van der Waals surface area contributed by atoms with Gasteiger partial charge in [-0.3, -0.25) is 4.79 Å². The van der Waals surface area contributed by atoms with Crippen LogP contribution in [0.2, 0.25) is 0 Å². The highest BCUT2D eigenvalue weighted by atomic mass is 16.5. The first-order valence-corrected chi connectivity index (χ1v) is 5.72. The number of carbonyl (C=O) groups is 1. The van der Waals surface area contributed by atoms with Crippen molar-refractivity contribution in [1.82, 2.24) is 4.90 Å². The van der Waals surface area contributed by atoms with Crippen molar-refractivity contribution < 1.29 is 19.7 Å². The van der Waals surface area contributed by atoms with E-state index in [1.165, 1.54) is 0 Å². The molecule has 0 fully saturated rings. The minimum atomic E-state index is -0.819. The number of carboxylic acids is 1. The van der Waals surface area contributed by atoms with Gasteiger partial charge in [0.15, 0.2) is 0 Å². The second-order valence-corrected chi connectivity index (χ2v) is 3.99. The maximum atomic E-state index is 10.3. The Bertz CT molecular complexity index is 187. The van der Waals surface area contributed by atoms with Crippen LogP contribution in [0.15, 0.2) is 0 Å². The lowest BCUT2D eigenvalue weighted by molar-refractivity contribution is -0.137. The molecule has 0 aliphatic heterocycles. The lowest BCUT2D eigenvalue weighted by Gasteiger charge is -2.19. The number of ether oxygens (including phenoxy) is 1. The van der Waals surface area contributed by atoms with Crippen molar-refractivity contribution in [2.24, 2.45) is 0 Å². The number of hydrogen-bond acceptors (Lipinski definition) is 4. The van der Waals surface area contributed by atoms with Gasteiger partial charge < -0.3 is 19.8 Å². The van der Waals surface area contributed by atoms with Crippen molar-refractivity contribution in [3.05, 3.63) is 0 Å². The lowest BCUT2D eigenvalue weighted by Crippen LogP contribution is -2.33. The van der Waals surface area contributed by atoms with Gasteiger partial charge in [-0.25, -0.2) is 0 Å². The monoisotopic (exact) mass is 233 g/mol. The molecule has 0 aliphatic rings. The van der Waals surface area contributed by atoms with Crippen LogP contribution >= 0.6 is 0 Å². The number of aliphatic carboxylic acids is 1. The lowest BCUT2D eigenvalue weighted by atomic mass is 10.3. The van der Waals surface area contributed by atoms with Gasteiger partial charge in [-0.1, -0.05) is 13.3 Å². The fourth-order valence-corrected chi connectivity index (χ4v) is 1.26. The Hall–Kier alpha value is -0.650. The Balaban J connectivity index is 3.46. The Morgan fingerprint density at radius 1 is 1.50 bits per heavy atom. The molecule has 16 heavy (non-hydrogen) atoms. The van der Waals surface area contributed by atoms with Crippen LogP contribution in [0.1, 0.15) is 26.2 Å². The third-order valence-electron chi connectivity index (χ3n) is 2.18. The number of aliphatic hydroxyl groups is 1. The second kappa shape index (κ2) is 9.57. The van der Waals surface area contributed by atoms with Crippen LogP contribution in [-0.2, 0) is 9.53 Å². The van der Waals surface area contributed by atoms with Crippen molar-refractivity contribution >= 4 is 5.97 Å². The first-order chi connectivity index (χ1) is 7.56. The largest absolute Gasteiger partial charge is 0.481 e. The van der Waals surface area contributed by atoms with Crippen molar-refractivity contribution in [3.63, 3.8) is 0 Å². The molecule has 0 spiro atoms. The molecule has 0 aromatic carbocycles. The average Bonchev–Trinajstić information content (AvgIpc) is 2.21. The van der Waals surface area contributed by atoms with E-state index in [9.17, 15) is 9.90 Å². The number of carboxylic acid groups (broad SMARTS) is 1. The Morgan fingerprint density at radius 2 is 2.19 bits per heavy atom. The molecular formula is C11H23NO4. The average molecular weight is 233 g/mol. The summed E-state index contributed by atoms with van der Waals surface area (Å²) in [6.07, 6.45) is 1.63. The van der Waals surface area contributed by atoms with Crippen LogP contribution in [0, 0.1) is 0 Å². The zero-order valence-electron chi connectivity index (χ0n) is 10.2. The van der Waals surface area contributed by atoms with Gasteiger partial charge in [-0.15, -0.1) is 0 Å². The highest BCUT2D eigenvalue weighted by Gasteiger charge is 2.09. The topological polar surface area (TPSA) is 70.0 Å². The van der Waals surface area contributed by atoms with E-state index in [4.69, 9.17) is 9.84 Å². The first-order valence-electron chi connectivity index (χ1n) is 5.72. The number of rotatable bonds is 10. The van der Waals surface area contributed by atoms with Crippen molar-refractivity contribution in [1.29, 1.82) is 0 Å². The normalized spacial score (nSPS) is 13.0. The van der Waals surface area contributed by atoms with Gasteiger partial charge in [0.2, 0.25) is 0 Å². The molecule has 96 valence electrons. The molecule has 1 unspecified atom stereocenters. The molecule has 0 saturated heterocycles. The number of nitrogens with zero attached hydrogens (tertiary/aromatic N) is 1. The summed E-state index contributed by atoms with van der Waals surface area (Å²) in [5.74, 6) is -0.819. The first kappa shape index (κ1) is 15.3. The molecule has 1 atom stereocenters. The molecule has 0 aromatic rings. The van der Waals surface area contributed by atoms with Gasteiger partial charge in [0.05, 0.1) is 19.1 Å². The van der Waals surface area contributed by atoms with Crippen LogP contribution in [0.4, 0.5) is 0 Å². The summed E-state index contributed by atoms with van der Waals surface area (Å²) >= 11 is 0. The Labute approximate surface area is 97.0 Å². The van der Waals surface area contributed by atoms with E-state index >= 15 is 0 Å². The number of unbranched alkanes of at least 4 members (excludes halogenated alkanes) is 1. The van der Waals surface area contributed by atoms with Gasteiger partial charge in [0.25, 0.3) is 0 Å².